The SMILES string of the molecule is O=C(Nc1ccn(S(=O)(=O)Cc2ccc(F)cc2Cl)c1)c1ccco1. The normalized spacial score (nSPS) is 11.4. The van der Waals surface area contributed by atoms with Gasteiger partial charge in [-0.3, -0.25) is 8.77 Å². The van der Waals surface area contributed by atoms with Crippen molar-refractivity contribution in [1.82, 2.24) is 3.97 Å². The maximum absolute atomic E-state index is 13.1. The van der Waals surface area contributed by atoms with Crippen LogP contribution in [0.4, 0.5) is 10.1 Å². The second-order valence-electron chi connectivity index (χ2n) is 5.15. The predicted octanol–water partition coefficient (Wildman–Crippen LogP) is 3.50. The number of amides is 1. The first-order chi connectivity index (χ1) is 11.8. The van der Waals surface area contributed by atoms with Crippen LogP contribution in [0.25, 0.3) is 0 Å². The second kappa shape index (κ2) is 6.73. The van der Waals surface area contributed by atoms with E-state index in [1.807, 2.05) is 0 Å². The summed E-state index contributed by atoms with van der Waals surface area (Å²) in [6.07, 6.45) is 3.91. The number of benzene rings is 1. The fraction of sp³-hybridized carbons (Fsp3) is 0.0625. The molecule has 1 aromatic carbocycles. The topological polar surface area (TPSA) is 81.3 Å². The van der Waals surface area contributed by atoms with Crippen LogP contribution in [-0.4, -0.2) is 18.3 Å². The Balaban J connectivity index is 1.77. The Kier molecular flexibility index (Phi) is 4.65. The van der Waals surface area contributed by atoms with Crippen LogP contribution in [0.2, 0.25) is 5.02 Å². The zero-order chi connectivity index (χ0) is 18.0. The van der Waals surface area contributed by atoms with E-state index in [0.717, 1.165) is 16.1 Å². The first kappa shape index (κ1) is 17.2. The summed E-state index contributed by atoms with van der Waals surface area (Å²) in [4.78, 5) is 11.9. The number of furan rings is 1. The van der Waals surface area contributed by atoms with Gasteiger partial charge in [-0.25, -0.2) is 12.8 Å². The van der Waals surface area contributed by atoms with Crippen molar-refractivity contribution in [3.63, 3.8) is 0 Å². The van der Waals surface area contributed by atoms with Gasteiger partial charge >= 0.3 is 0 Å². The lowest BCUT2D eigenvalue weighted by molar-refractivity contribution is 0.0996. The Morgan fingerprint density at radius 2 is 2.08 bits per heavy atom. The van der Waals surface area contributed by atoms with E-state index in [1.165, 1.54) is 36.9 Å². The molecule has 0 unspecified atom stereocenters. The van der Waals surface area contributed by atoms with Crippen molar-refractivity contribution in [3.05, 3.63) is 77.2 Å². The Labute approximate surface area is 147 Å². The molecule has 0 aliphatic rings. The largest absolute Gasteiger partial charge is 0.459 e. The van der Waals surface area contributed by atoms with E-state index in [9.17, 15) is 17.6 Å². The third kappa shape index (κ3) is 3.92. The maximum Gasteiger partial charge on any atom is 0.291 e. The molecule has 0 bridgehead atoms. The molecule has 2 aromatic heterocycles. The quantitative estimate of drug-likeness (QED) is 0.732. The van der Waals surface area contributed by atoms with E-state index in [1.54, 1.807) is 6.07 Å². The minimum Gasteiger partial charge on any atom is -0.459 e. The zero-order valence-corrected chi connectivity index (χ0v) is 14.2. The Morgan fingerprint density at radius 3 is 2.76 bits per heavy atom. The van der Waals surface area contributed by atoms with Crippen molar-refractivity contribution in [2.75, 3.05) is 5.32 Å². The van der Waals surface area contributed by atoms with Crippen LogP contribution < -0.4 is 5.32 Å². The minimum absolute atomic E-state index is 0.0297. The number of halogens is 2. The summed E-state index contributed by atoms with van der Waals surface area (Å²) in [7, 11) is -3.78. The number of hydrogen-bond donors (Lipinski definition) is 1. The fourth-order valence-corrected chi connectivity index (χ4v) is 3.76. The van der Waals surface area contributed by atoms with Crippen molar-refractivity contribution < 1.29 is 22.0 Å². The molecule has 3 aromatic rings. The molecule has 1 amide bonds. The molecule has 25 heavy (non-hydrogen) atoms. The summed E-state index contributed by atoms with van der Waals surface area (Å²) in [5.41, 5.74) is 0.563. The molecular formula is C16H12ClFN2O4S. The summed E-state index contributed by atoms with van der Waals surface area (Å²) in [6, 6.07) is 8.00. The second-order valence-corrected chi connectivity index (χ2v) is 7.43. The van der Waals surface area contributed by atoms with Gasteiger partial charge in [-0.15, -0.1) is 0 Å². The van der Waals surface area contributed by atoms with Crippen LogP contribution in [0.15, 0.2) is 59.5 Å². The van der Waals surface area contributed by atoms with Crippen molar-refractivity contribution in [1.29, 1.82) is 0 Å². The molecular weight excluding hydrogens is 371 g/mol. The van der Waals surface area contributed by atoms with Crippen LogP contribution in [0.3, 0.4) is 0 Å². The lowest BCUT2D eigenvalue weighted by Gasteiger charge is -2.07. The third-order valence-corrected chi connectivity index (χ3v) is 5.24. The number of carbonyl (C=O) groups is 1. The van der Waals surface area contributed by atoms with Gasteiger partial charge in [-0.05, 0) is 35.9 Å². The van der Waals surface area contributed by atoms with Gasteiger partial charge in [-0.2, -0.15) is 0 Å². The Morgan fingerprint density at radius 1 is 1.28 bits per heavy atom. The number of nitrogens with zero attached hydrogens (tertiary/aromatic N) is 1. The third-order valence-electron chi connectivity index (χ3n) is 3.34. The van der Waals surface area contributed by atoms with Crippen LogP contribution >= 0.6 is 11.6 Å². The summed E-state index contributed by atoms with van der Waals surface area (Å²) >= 11 is 5.87. The van der Waals surface area contributed by atoms with Gasteiger partial charge in [-0.1, -0.05) is 17.7 Å². The molecule has 0 atom stereocenters. The van der Waals surface area contributed by atoms with E-state index in [-0.39, 0.29) is 22.0 Å². The molecule has 0 saturated heterocycles. The highest BCUT2D eigenvalue weighted by atomic mass is 35.5. The van der Waals surface area contributed by atoms with Gasteiger partial charge in [0.2, 0.25) is 10.0 Å². The van der Waals surface area contributed by atoms with Crippen LogP contribution in [-0.2, 0) is 15.8 Å². The van der Waals surface area contributed by atoms with Crippen LogP contribution in [0, 0.1) is 5.82 Å². The predicted molar refractivity (Wildman–Crippen MR) is 90.5 cm³/mol. The maximum atomic E-state index is 13.1. The summed E-state index contributed by atoms with van der Waals surface area (Å²) in [5, 5.41) is 2.56. The summed E-state index contributed by atoms with van der Waals surface area (Å²) in [6.45, 7) is 0. The van der Waals surface area contributed by atoms with E-state index >= 15 is 0 Å². The molecule has 130 valence electrons. The molecule has 0 aliphatic carbocycles. The molecule has 1 N–H and O–H groups in total. The van der Waals surface area contributed by atoms with Gasteiger partial charge in [0.05, 0.1) is 17.7 Å². The van der Waals surface area contributed by atoms with E-state index in [0.29, 0.717) is 0 Å². The van der Waals surface area contributed by atoms with Crippen LogP contribution in [0.5, 0.6) is 0 Å². The number of anilines is 1. The highest BCUT2D eigenvalue weighted by Gasteiger charge is 2.18. The monoisotopic (exact) mass is 382 g/mol. The molecule has 3 rings (SSSR count). The highest BCUT2D eigenvalue weighted by molar-refractivity contribution is 7.89. The first-order valence-corrected chi connectivity index (χ1v) is 9.04. The average molecular weight is 383 g/mol. The lowest BCUT2D eigenvalue weighted by Crippen LogP contribution is -2.14. The average Bonchev–Trinajstić information content (AvgIpc) is 3.21. The fourth-order valence-electron chi connectivity index (χ4n) is 2.13. The number of hydrogen-bond acceptors (Lipinski definition) is 4. The molecule has 0 spiro atoms. The number of rotatable bonds is 5. The molecule has 6 nitrogen and oxygen atoms in total. The molecule has 0 fully saturated rings. The zero-order valence-electron chi connectivity index (χ0n) is 12.6. The Bertz CT molecular complexity index is 1010. The summed E-state index contributed by atoms with van der Waals surface area (Å²) < 4.78 is 43.9. The van der Waals surface area contributed by atoms with E-state index in [4.69, 9.17) is 16.0 Å². The number of aromatic nitrogens is 1. The number of carbonyl (C=O) groups excluding carboxylic acids is 1. The highest BCUT2D eigenvalue weighted by Crippen LogP contribution is 2.21. The smallest absolute Gasteiger partial charge is 0.291 e. The first-order valence-electron chi connectivity index (χ1n) is 7.05. The van der Waals surface area contributed by atoms with Crippen molar-refractivity contribution >= 4 is 33.2 Å². The van der Waals surface area contributed by atoms with Crippen molar-refractivity contribution in [2.45, 2.75) is 5.75 Å². The van der Waals surface area contributed by atoms with Gasteiger partial charge in [0.25, 0.3) is 5.91 Å². The van der Waals surface area contributed by atoms with Gasteiger partial charge in [0.15, 0.2) is 5.76 Å². The molecule has 0 radical (unpaired) electrons. The Hall–Kier alpha value is -2.58. The van der Waals surface area contributed by atoms with E-state index in [2.05, 4.69) is 5.32 Å². The number of nitrogens with one attached hydrogen (secondary N) is 1. The van der Waals surface area contributed by atoms with Crippen molar-refractivity contribution in [3.8, 4) is 0 Å². The van der Waals surface area contributed by atoms with E-state index < -0.39 is 27.5 Å². The van der Waals surface area contributed by atoms with Crippen LogP contribution in [0.1, 0.15) is 16.1 Å². The standard InChI is InChI=1S/C16H12ClFN2O4S/c17-14-8-12(18)4-3-11(14)10-25(22,23)20-6-5-13(9-20)19-16(21)15-2-1-7-24-15/h1-9H,10H2,(H,19,21). The summed E-state index contributed by atoms with van der Waals surface area (Å²) in [5.74, 6) is -1.35. The van der Waals surface area contributed by atoms with Gasteiger partial charge < -0.3 is 9.73 Å². The molecule has 0 saturated carbocycles. The lowest BCUT2D eigenvalue weighted by atomic mass is 10.2. The minimum atomic E-state index is -3.78. The van der Waals surface area contributed by atoms with Gasteiger partial charge in [0, 0.05) is 17.4 Å². The molecule has 2 heterocycles. The van der Waals surface area contributed by atoms with Crippen molar-refractivity contribution in [2.24, 2.45) is 0 Å². The molecule has 9 heteroatoms. The van der Waals surface area contributed by atoms with Gasteiger partial charge in [0.1, 0.15) is 5.82 Å². The molecule has 0 aliphatic heterocycles.